The van der Waals surface area contributed by atoms with Crippen LogP contribution in [0.3, 0.4) is 0 Å². The van der Waals surface area contributed by atoms with Gasteiger partial charge in [0, 0.05) is 6.54 Å². The van der Waals surface area contributed by atoms with Gasteiger partial charge in [0.2, 0.25) is 10.0 Å². The number of rotatable bonds is 5. The highest BCUT2D eigenvalue weighted by Crippen LogP contribution is 2.18. The van der Waals surface area contributed by atoms with E-state index in [0.29, 0.717) is 0 Å². The predicted molar refractivity (Wildman–Crippen MR) is 70.7 cm³/mol. The predicted octanol–water partition coefficient (Wildman–Crippen LogP) is 1.86. The normalized spacial score (nSPS) is 11.7. The highest BCUT2D eigenvalue weighted by molar-refractivity contribution is 7.89. The Kier molecular flexibility index (Phi) is 4.31. The first-order valence-electron chi connectivity index (χ1n) is 5.43. The maximum atomic E-state index is 13.2. The summed E-state index contributed by atoms with van der Waals surface area (Å²) >= 11 is 1.46. The van der Waals surface area contributed by atoms with Crippen LogP contribution in [0, 0.1) is 5.82 Å². The summed E-state index contributed by atoms with van der Waals surface area (Å²) in [5, 5.41) is 12.8. The van der Waals surface area contributed by atoms with E-state index in [4.69, 9.17) is 5.11 Å². The molecule has 0 aliphatic rings. The highest BCUT2D eigenvalue weighted by Gasteiger charge is 2.18. The van der Waals surface area contributed by atoms with Crippen molar-refractivity contribution in [2.45, 2.75) is 18.0 Å². The average molecular weight is 301 g/mol. The van der Waals surface area contributed by atoms with Crippen LogP contribution in [-0.2, 0) is 23.2 Å². The second-order valence-corrected chi connectivity index (χ2v) is 6.38. The lowest BCUT2D eigenvalue weighted by molar-refractivity contribution is 0.278. The molecule has 0 saturated carbocycles. The van der Waals surface area contributed by atoms with Crippen LogP contribution >= 0.6 is 11.3 Å². The molecule has 0 amide bonds. The molecule has 0 fully saturated rings. The fraction of sp³-hybridized carbons (Fsp3) is 0.167. The molecule has 2 N–H and O–H groups in total. The van der Waals surface area contributed by atoms with Crippen molar-refractivity contribution in [3.8, 4) is 0 Å². The zero-order valence-corrected chi connectivity index (χ0v) is 11.5. The zero-order valence-electron chi connectivity index (χ0n) is 9.84. The van der Waals surface area contributed by atoms with Crippen LogP contribution in [0.4, 0.5) is 4.39 Å². The lowest BCUT2D eigenvalue weighted by atomic mass is 10.2. The van der Waals surface area contributed by atoms with Crippen LogP contribution in [-0.4, -0.2) is 13.5 Å². The van der Waals surface area contributed by atoms with Crippen LogP contribution in [0.15, 0.2) is 39.9 Å². The number of aliphatic hydroxyl groups is 1. The molecule has 0 radical (unpaired) electrons. The van der Waals surface area contributed by atoms with Gasteiger partial charge in [0.05, 0.1) is 11.5 Å². The second-order valence-electron chi connectivity index (χ2n) is 3.87. The second kappa shape index (κ2) is 5.79. The van der Waals surface area contributed by atoms with E-state index in [2.05, 4.69) is 4.72 Å². The van der Waals surface area contributed by atoms with Gasteiger partial charge < -0.3 is 5.11 Å². The standard InChI is InChI=1S/C12H12FNO3S2/c13-11-2-1-10(7-15)12(5-11)19(16,17)14-6-9-3-4-18-8-9/h1-5,8,14-15H,6-7H2. The third kappa shape index (κ3) is 3.38. The summed E-state index contributed by atoms with van der Waals surface area (Å²) in [7, 11) is -3.85. The van der Waals surface area contributed by atoms with Gasteiger partial charge in [-0.05, 0) is 40.1 Å². The molecule has 0 aliphatic heterocycles. The number of benzene rings is 1. The minimum Gasteiger partial charge on any atom is -0.392 e. The molecule has 19 heavy (non-hydrogen) atoms. The van der Waals surface area contributed by atoms with Crippen molar-refractivity contribution < 1.29 is 17.9 Å². The fourth-order valence-corrected chi connectivity index (χ4v) is 3.48. The Morgan fingerprint density at radius 3 is 2.74 bits per heavy atom. The average Bonchev–Trinajstić information content (AvgIpc) is 2.89. The van der Waals surface area contributed by atoms with Crippen molar-refractivity contribution in [2.75, 3.05) is 0 Å². The number of hydrogen-bond acceptors (Lipinski definition) is 4. The third-order valence-corrected chi connectivity index (χ3v) is 4.75. The van der Waals surface area contributed by atoms with Gasteiger partial charge in [-0.3, -0.25) is 0 Å². The summed E-state index contributed by atoms with van der Waals surface area (Å²) in [6, 6.07) is 5.07. The number of aliphatic hydroxyl groups excluding tert-OH is 1. The molecule has 2 aromatic rings. The van der Waals surface area contributed by atoms with Gasteiger partial charge in [0.1, 0.15) is 5.82 Å². The molecule has 1 aromatic heterocycles. The van der Waals surface area contributed by atoms with E-state index < -0.39 is 22.4 Å². The highest BCUT2D eigenvalue weighted by atomic mass is 32.2. The Morgan fingerprint density at radius 1 is 1.32 bits per heavy atom. The van der Waals surface area contributed by atoms with Crippen LogP contribution in [0.2, 0.25) is 0 Å². The summed E-state index contributed by atoms with van der Waals surface area (Å²) in [5.41, 5.74) is 0.995. The first-order chi connectivity index (χ1) is 9.03. The molecule has 102 valence electrons. The van der Waals surface area contributed by atoms with Gasteiger partial charge in [0.15, 0.2) is 0 Å². The van der Waals surface area contributed by atoms with E-state index >= 15 is 0 Å². The first kappa shape index (κ1) is 14.1. The van der Waals surface area contributed by atoms with E-state index in [1.165, 1.54) is 17.4 Å². The molecule has 0 spiro atoms. The minimum absolute atomic E-state index is 0.132. The van der Waals surface area contributed by atoms with E-state index in [9.17, 15) is 12.8 Å². The summed E-state index contributed by atoms with van der Waals surface area (Å²) in [5.74, 6) is -0.659. The van der Waals surface area contributed by atoms with Gasteiger partial charge in [-0.2, -0.15) is 11.3 Å². The van der Waals surface area contributed by atoms with Crippen LogP contribution in [0.1, 0.15) is 11.1 Å². The van der Waals surface area contributed by atoms with Gasteiger partial charge in [0.25, 0.3) is 0 Å². The molecular weight excluding hydrogens is 289 g/mol. The van der Waals surface area contributed by atoms with Crippen LogP contribution in [0.25, 0.3) is 0 Å². The largest absolute Gasteiger partial charge is 0.392 e. The topological polar surface area (TPSA) is 66.4 Å². The smallest absolute Gasteiger partial charge is 0.241 e. The number of halogens is 1. The maximum absolute atomic E-state index is 13.2. The third-order valence-electron chi connectivity index (χ3n) is 2.54. The Bertz CT molecular complexity index is 654. The summed E-state index contributed by atoms with van der Waals surface area (Å²) in [4.78, 5) is -0.231. The monoisotopic (exact) mass is 301 g/mol. The number of thiophene rings is 1. The summed E-state index contributed by atoms with van der Waals surface area (Å²) < 4.78 is 39.7. The van der Waals surface area contributed by atoms with Crippen LogP contribution in [0.5, 0.6) is 0 Å². The minimum atomic E-state index is -3.85. The maximum Gasteiger partial charge on any atom is 0.241 e. The van der Waals surface area contributed by atoms with Crippen molar-refractivity contribution in [3.63, 3.8) is 0 Å². The molecule has 4 nitrogen and oxygen atoms in total. The SMILES string of the molecule is O=S(=O)(NCc1ccsc1)c1cc(F)ccc1CO. The van der Waals surface area contributed by atoms with Crippen molar-refractivity contribution in [1.82, 2.24) is 4.72 Å². The van der Waals surface area contributed by atoms with Gasteiger partial charge >= 0.3 is 0 Å². The van der Waals surface area contributed by atoms with Gasteiger partial charge in [-0.15, -0.1) is 0 Å². The molecule has 7 heteroatoms. The molecule has 0 unspecified atom stereocenters. The van der Waals surface area contributed by atoms with E-state index in [-0.39, 0.29) is 17.0 Å². The number of nitrogens with one attached hydrogen (secondary N) is 1. The Morgan fingerprint density at radius 2 is 2.11 bits per heavy atom. The van der Waals surface area contributed by atoms with E-state index in [0.717, 1.165) is 17.7 Å². The Hall–Kier alpha value is -1.28. The van der Waals surface area contributed by atoms with Crippen molar-refractivity contribution in [3.05, 3.63) is 52.0 Å². The lowest BCUT2D eigenvalue weighted by Gasteiger charge is -2.09. The van der Waals surface area contributed by atoms with Gasteiger partial charge in [-0.25, -0.2) is 17.5 Å². The molecule has 0 bridgehead atoms. The van der Waals surface area contributed by atoms with E-state index in [1.54, 1.807) is 6.07 Å². The molecule has 2 rings (SSSR count). The van der Waals surface area contributed by atoms with Crippen molar-refractivity contribution >= 4 is 21.4 Å². The first-order valence-corrected chi connectivity index (χ1v) is 7.85. The zero-order chi connectivity index (χ0) is 13.9. The van der Waals surface area contributed by atoms with Gasteiger partial charge in [-0.1, -0.05) is 6.07 Å². The van der Waals surface area contributed by atoms with Crippen molar-refractivity contribution in [1.29, 1.82) is 0 Å². The Balaban J connectivity index is 2.26. The molecule has 0 saturated heterocycles. The molecule has 1 heterocycles. The Labute approximate surface area is 114 Å². The molecule has 0 atom stereocenters. The molecule has 0 aliphatic carbocycles. The van der Waals surface area contributed by atoms with Crippen molar-refractivity contribution in [2.24, 2.45) is 0 Å². The fourth-order valence-electron chi connectivity index (χ4n) is 1.56. The number of hydrogen-bond donors (Lipinski definition) is 2. The quantitative estimate of drug-likeness (QED) is 0.886. The lowest BCUT2D eigenvalue weighted by Crippen LogP contribution is -2.24. The van der Waals surface area contributed by atoms with Crippen LogP contribution < -0.4 is 4.72 Å². The summed E-state index contributed by atoms with van der Waals surface area (Å²) in [6.45, 7) is -0.331. The molecule has 1 aromatic carbocycles. The summed E-state index contributed by atoms with van der Waals surface area (Å²) in [6.07, 6.45) is 0. The molecular formula is C12H12FNO3S2. The van der Waals surface area contributed by atoms with E-state index in [1.807, 2.05) is 10.8 Å². The number of sulfonamides is 1.